The molecule has 2 aromatic carbocycles. The number of hydrogen-bond donors (Lipinski definition) is 3. The van der Waals surface area contributed by atoms with Gasteiger partial charge in [-0.15, -0.1) is 5.10 Å². The van der Waals surface area contributed by atoms with Crippen LogP contribution in [0.25, 0.3) is 0 Å². The maximum Gasteiger partial charge on any atom is 0.262 e. The average molecular weight is 369 g/mol. The Balaban J connectivity index is 2.01. The summed E-state index contributed by atoms with van der Waals surface area (Å²) in [6.07, 6.45) is 1.48. The first kappa shape index (κ1) is 19.8. The van der Waals surface area contributed by atoms with Crippen LogP contribution in [0, 0.1) is 6.92 Å². The predicted octanol–water partition coefficient (Wildman–Crippen LogP) is 2.02. The number of anilines is 1. The van der Waals surface area contributed by atoms with Crippen molar-refractivity contribution < 1.29 is 14.3 Å². The summed E-state index contributed by atoms with van der Waals surface area (Å²) in [5.41, 5.74) is 13.0. The zero-order valence-electron chi connectivity index (χ0n) is 15.3. The van der Waals surface area contributed by atoms with Crippen LogP contribution in [-0.2, 0) is 4.79 Å². The largest absolute Gasteiger partial charge is 0.490 e. The van der Waals surface area contributed by atoms with Gasteiger partial charge in [0.2, 0.25) is 5.96 Å². The molecular weight excluding hydrogens is 346 g/mol. The molecule has 1 amide bonds. The summed E-state index contributed by atoms with van der Waals surface area (Å²) in [4.78, 5) is 12.1. The first-order valence-corrected chi connectivity index (χ1v) is 8.36. The smallest absolute Gasteiger partial charge is 0.262 e. The molecule has 2 aromatic rings. The SMILES string of the molecule is CCOc1cc(C=NN=C(N)N)ccc1OCC(=O)Nc1ccc(C)cc1. The molecule has 0 aromatic heterocycles. The fourth-order valence-corrected chi connectivity index (χ4v) is 2.13. The summed E-state index contributed by atoms with van der Waals surface area (Å²) in [6, 6.07) is 12.7. The van der Waals surface area contributed by atoms with Gasteiger partial charge in [-0.2, -0.15) is 5.10 Å². The number of guanidine groups is 1. The molecule has 0 bridgehead atoms. The highest BCUT2D eigenvalue weighted by Gasteiger charge is 2.09. The van der Waals surface area contributed by atoms with E-state index in [4.69, 9.17) is 20.9 Å². The molecule has 0 fully saturated rings. The number of ether oxygens (including phenoxy) is 2. The molecule has 0 aliphatic carbocycles. The minimum absolute atomic E-state index is 0.129. The molecule has 2 rings (SSSR count). The van der Waals surface area contributed by atoms with Crippen molar-refractivity contribution in [2.75, 3.05) is 18.5 Å². The van der Waals surface area contributed by atoms with Gasteiger partial charge in [-0.1, -0.05) is 17.7 Å². The van der Waals surface area contributed by atoms with E-state index in [9.17, 15) is 4.79 Å². The second kappa shape index (κ2) is 9.81. The average Bonchev–Trinajstić information content (AvgIpc) is 2.63. The monoisotopic (exact) mass is 369 g/mol. The van der Waals surface area contributed by atoms with Crippen molar-refractivity contribution in [1.29, 1.82) is 0 Å². The highest BCUT2D eigenvalue weighted by atomic mass is 16.5. The number of aryl methyl sites for hydroxylation is 1. The summed E-state index contributed by atoms with van der Waals surface area (Å²) >= 11 is 0. The van der Waals surface area contributed by atoms with Gasteiger partial charge in [0.25, 0.3) is 5.91 Å². The maximum absolute atomic E-state index is 12.1. The van der Waals surface area contributed by atoms with Crippen molar-refractivity contribution in [3.8, 4) is 11.5 Å². The van der Waals surface area contributed by atoms with Gasteiger partial charge in [-0.05, 0) is 49.7 Å². The first-order valence-electron chi connectivity index (χ1n) is 8.36. The summed E-state index contributed by atoms with van der Waals surface area (Å²) in [5, 5.41) is 10.1. The van der Waals surface area contributed by atoms with Gasteiger partial charge in [0.15, 0.2) is 18.1 Å². The Morgan fingerprint density at radius 1 is 1.11 bits per heavy atom. The standard InChI is InChI=1S/C19H23N5O3/c1-3-26-17-10-14(11-22-24-19(20)21)6-9-16(17)27-12-18(25)23-15-7-4-13(2)5-8-15/h4-11H,3,12H2,1-2H3,(H,23,25)(H4,20,21,24). The number of rotatable bonds is 8. The molecule has 8 nitrogen and oxygen atoms in total. The zero-order chi connectivity index (χ0) is 19.6. The molecule has 0 unspecified atom stereocenters. The first-order chi connectivity index (χ1) is 13.0. The van der Waals surface area contributed by atoms with E-state index >= 15 is 0 Å². The lowest BCUT2D eigenvalue weighted by atomic mass is 10.2. The molecule has 0 atom stereocenters. The van der Waals surface area contributed by atoms with Crippen LogP contribution in [0.2, 0.25) is 0 Å². The van der Waals surface area contributed by atoms with Crippen LogP contribution in [0.3, 0.4) is 0 Å². The topological polar surface area (TPSA) is 124 Å². The maximum atomic E-state index is 12.1. The highest BCUT2D eigenvalue weighted by molar-refractivity contribution is 5.92. The number of carbonyl (C=O) groups is 1. The van der Waals surface area contributed by atoms with Gasteiger partial charge < -0.3 is 26.3 Å². The van der Waals surface area contributed by atoms with Crippen molar-refractivity contribution in [1.82, 2.24) is 0 Å². The van der Waals surface area contributed by atoms with Gasteiger partial charge in [-0.25, -0.2) is 0 Å². The van der Waals surface area contributed by atoms with E-state index in [1.165, 1.54) is 6.21 Å². The van der Waals surface area contributed by atoms with E-state index in [1.807, 2.05) is 38.1 Å². The highest BCUT2D eigenvalue weighted by Crippen LogP contribution is 2.28. The van der Waals surface area contributed by atoms with Crippen LogP contribution in [0.1, 0.15) is 18.1 Å². The molecule has 0 saturated carbocycles. The summed E-state index contributed by atoms with van der Waals surface area (Å²) in [7, 11) is 0. The third kappa shape index (κ3) is 6.69. The summed E-state index contributed by atoms with van der Waals surface area (Å²) in [5.74, 6) is 0.555. The van der Waals surface area contributed by atoms with E-state index in [-0.39, 0.29) is 18.5 Å². The van der Waals surface area contributed by atoms with Crippen LogP contribution in [0.5, 0.6) is 11.5 Å². The Kier molecular flexibility index (Phi) is 7.18. The van der Waals surface area contributed by atoms with E-state index in [0.29, 0.717) is 23.8 Å². The number of amides is 1. The fraction of sp³-hybridized carbons (Fsp3) is 0.211. The Morgan fingerprint density at radius 3 is 2.52 bits per heavy atom. The van der Waals surface area contributed by atoms with Gasteiger partial charge in [0.1, 0.15) is 0 Å². The molecule has 0 radical (unpaired) electrons. The summed E-state index contributed by atoms with van der Waals surface area (Å²) < 4.78 is 11.2. The molecule has 0 aliphatic heterocycles. The molecular formula is C19H23N5O3. The molecule has 5 N–H and O–H groups in total. The molecule has 0 spiro atoms. The second-order valence-corrected chi connectivity index (χ2v) is 5.61. The van der Waals surface area contributed by atoms with Crippen LogP contribution in [-0.4, -0.2) is 31.3 Å². The molecule has 8 heteroatoms. The number of carbonyl (C=O) groups excluding carboxylic acids is 1. The lowest BCUT2D eigenvalue weighted by Gasteiger charge is -2.12. The van der Waals surface area contributed by atoms with Gasteiger partial charge in [-0.3, -0.25) is 4.79 Å². The van der Waals surface area contributed by atoms with Crippen molar-refractivity contribution in [3.05, 3.63) is 53.6 Å². The van der Waals surface area contributed by atoms with Crippen LogP contribution in [0.15, 0.2) is 52.7 Å². The van der Waals surface area contributed by atoms with Crippen LogP contribution >= 0.6 is 0 Å². The number of nitrogens with two attached hydrogens (primary N) is 2. The number of benzene rings is 2. The molecule has 0 saturated heterocycles. The lowest BCUT2D eigenvalue weighted by Crippen LogP contribution is -2.21. The predicted molar refractivity (Wildman–Crippen MR) is 106 cm³/mol. The van der Waals surface area contributed by atoms with Gasteiger partial charge in [0, 0.05) is 5.69 Å². The Bertz CT molecular complexity index is 828. The second-order valence-electron chi connectivity index (χ2n) is 5.61. The van der Waals surface area contributed by atoms with E-state index < -0.39 is 0 Å². The van der Waals surface area contributed by atoms with Crippen molar-refractivity contribution in [2.24, 2.45) is 21.7 Å². The van der Waals surface area contributed by atoms with E-state index in [0.717, 1.165) is 11.1 Å². The van der Waals surface area contributed by atoms with Crippen molar-refractivity contribution in [2.45, 2.75) is 13.8 Å². The van der Waals surface area contributed by atoms with E-state index in [2.05, 4.69) is 15.5 Å². The van der Waals surface area contributed by atoms with E-state index in [1.54, 1.807) is 18.2 Å². The van der Waals surface area contributed by atoms with Crippen LogP contribution in [0.4, 0.5) is 5.69 Å². The number of nitrogens with one attached hydrogen (secondary N) is 1. The molecule has 0 aliphatic rings. The minimum Gasteiger partial charge on any atom is -0.490 e. The minimum atomic E-state index is -0.264. The third-order valence-corrected chi connectivity index (χ3v) is 3.34. The Labute approximate surface area is 157 Å². The number of hydrogen-bond acceptors (Lipinski definition) is 5. The zero-order valence-corrected chi connectivity index (χ0v) is 15.3. The lowest BCUT2D eigenvalue weighted by molar-refractivity contribution is -0.118. The molecule has 0 heterocycles. The molecule has 27 heavy (non-hydrogen) atoms. The quantitative estimate of drug-likeness (QED) is 0.373. The Hall–Kier alpha value is -3.55. The van der Waals surface area contributed by atoms with Crippen molar-refractivity contribution >= 4 is 23.8 Å². The van der Waals surface area contributed by atoms with Crippen LogP contribution < -0.4 is 26.3 Å². The van der Waals surface area contributed by atoms with Gasteiger partial charge in [0.05, 0.1) is 12.8 Å². The summed E-state index contributed by atoms with van der Waals surface area (Å²) in [6.45, 7) is 4.14. The molecule has 142 valence electrons. The normalized spacial score (nSPS) is 10.4. The number of nitrogens with zero attached hydrogens (tertiary/aromatic N) is 2. The Morgan fingerprint density at radius 2 is 1.85 bits per heavy atom. The fourth-order valence-electron chi connectivity index (χ4n) is 2.13. The van der Waals surface area contributed by atoms with Gasteiger partial charge >= 0.3 is 0 Å². The van der Waals surface area contributed by atoms with Crippen molar-refractivity contribution in [3.63, 3.8) is 0 Å². The third-order valence-electron chi connectivity index (χ3n) is 3.34.